The number of carbonyl (C=O) groups is 2. The molecule has 0 saturated carbocycles. The van der Waals surface area contributed by atoms with Crippen LogP contribution in [0.2, 0.25) is 0 Å². The largest absolute Gasteiger partial charge is 0.452 e. The average molecular weight is 316 g/mol. The summed E-state index contributed by atoms with van der Waals surface area (Å²) in [5, 5.41) is 6.61. The molecule has 6 heteroatoms. The van der Waals surface area contributed by atoms with Gasteiger partial charge in [0.05, 0.1) is 0 Å². The maximum absolute atomic E-state index is 12.3. The number of nitrogens with zero attached hydrogens (tertiary/aromatic N) is 1. The summed E-state index contributed by atoms with van der Waals surface area (Å²) in [5.41, 5.74) is 1.42. The van der Waals surface area contributed by atoms with E-state index in [9.17, 15) is 9.59 Å². The number of esters is 1. The van der Waals surface area contributed by atoms with Crippen LogP contribution in [-0.4, -0.2) is 30.2 Å². The number of nitrogens with one attached hydrogen (secondary N) is 1. The van der Waals surface area contributed by atoms with Gasteiger partial charge in [0.15, 0.2) is 6.61 Å². The Hall–Kier alpha value is -2.63. The Kier molecular flexibility index (Phi) is 5.91. The first kappa shape index (κ1) is 16.7. The van der Waals surface area contributed by atoms with Crippen molar-refractivity contribution in [2.45, 2.75) is 26.7 Å². The Bertz CT molecular complexity index is 664. The molecule has 6 nitrogen and oxygen atoms in total. The molecule has 0 aliphatic carbocycles. The molecule has 1 heterocycles. The molecule has 0 atom stereocenters. The lowest BCUT2D eigenvalue weighted by molar-refractivity contribution is -0.124. The number of ether oxygens (including phenoxy) is 1. The second-order valence-corrected chi connectivity index (χ2v) is 5.11. The smallest absolute Gasteiger partial charge is 0.344 e. The van der Waals surface area contributed by atoms with Crippen LogP contribution in [0.3, 0.4) is 0 Å². The van der Waals surface area contributed by atoms with E-state index < -0.39 is 5.97 Å². The second-order valence-electron chi connectivity index (χ2n) is 5.11. The van der Waals surface area contributed by atoms with Crippen LogP contribution in [0.15, 0.2) is 34.9 Å². The fourth-order valence-electron chi connectivity index (χ4n) is 2.06. The van der Waals surface area contributed by atoms with Crippen molar-refractivity contribution in [3.05, 3.63) is 41.7 Å². The molecule has 0 unspecified atom stereocenters. The van der Waals surface area contributed by atoms with Crippen LogP contribution in [0.25, 0.3) is 11.3 Å². The molecule has 2 aromatic rings. The van der Waals surface area contributed by atoms with Crippen molar-refractivity contribution >= 4 is 11.9 Å². The summed E-state index contributed by atoms with van der Waals surface area (Å²) in [7, 11) is 0. The fourth-order valence-corrected chi connectivity index (χ4v) is 2.06. The van der Waals surface area contributed by atoms with Crippen molar-refractivity contribution in [1.82, 2.24) is 10.5 Å². The average Bonchev–Trinajstić information content (AvgIpc) is 2.95. The molecule has 0 spiro atoms. The highest BCUT2D eigenvalue weighted by atomic mass is 16.5. The van der Waals surface area contributed by atoms with Gasteiger partial charge in [-0.3, -0.25) is 4.79 Å². The molecule has 0 aliphatic heterocycles. The second kappa shape index (κ2) is 8.12. The summed E-state index contributed by atoms with van der Waals surface area (Å²) in [4.78, 5) is 23.9. The lowest BCUT2D eigenvalue weighted by Crippen LogP contribution is -2.29. The van der Waals surface area contributed by atoms with E-state index in [2.05, 4.69) is 10.5 Å². The molecule has 0 saturated heterocycles. The van der Waals surface area contributed by atoms with Crippen molar-refractivity contribution < 1.29 is 18.8 Å². The minimum Gasteiger partial charge on any atom is -0.452 e. The minimum atomic E-state index is -0.617. The van der Waals surface area contributed by atoms with Crippen LogP contribution in [0, 0.1) is 6.92 Å². The molecule has 23 heavy (non-hydrogen) atoms. The lowest BCUT2D eigenvalue weighted by atomic mass is 10.1. The fraction of sp³-hybridized carbons (Fsp3) is 0.353. The monoisotopic (exact) mass is 316 g/mol. The van der Waals surface area contributed by atoms with Crippen molar-refractivity contribution in [3.63, 3.8) is 0 Å². The summed E-state index contributed by atoms with van der Waals surface area (Å²) in [6, 6.07) is 9.21. The zero-order chi connectivity index (χ0) is 16.7. The number of carbonyl (C=O) groups excluding carboxylic acids is 2. The predicted molar refractivity (Wildman–Crippen MR) is 84.9 cm³/mol. The van der Waals surface area contributed by atoms with Gasteiger partial charge in [0.1, 0.15) is 17.0 Å². The van der Waals surface area contributed by atoms with Gasteiger partial charge in [-0.25, -0.2) is 4.79 Å². The van der Waals surface area contributed by atoms with Gasteiger partial charge in [0, 0.05) is 12.1 Å². The number of hydrogen-bond acceptors (Lipinski definition) is 5. The quantitative estimate of drug-likeness (QED) is 0.627. The van der Waals surface area contributed by atoms with Crippen molar-refractivity contribution in [1.29, 1.82) is 0 Å². The molecule has 2 rings (SSSR count). The van der Waals surface area contributed by atoms with E-state index >= 15 is 0 Å². The molecule has 0 bridgehead atoms. The highest BCUT2D eigenvalue weighted by Crippen LogP contribution is 2.25. The maximum Gasteiger partial charge on any atom is 0.344 e. The highest BCUT2D eigenvalue weighted by Gasteiger charge is 2.23. The molecule has 1 N–H and O–H groups in total. The molecule has 0 aliphatic rings. The van der Waals surface area contributed by atoms with Crippen molar-refractivity contribution in [3.8, 4) is 11.3 Å². The van der Waals surface area contributed by atoms with Gasteiger partial charge in [0.2, 0.25) is 0 Å². The van der Waals surface area contributed by atoms with E-state index in [0.717, 1.165) is 18.4 Å². The van der Waals surface area contributed by atoms with E-state index in [1.807, 2.05) is 37.3 Å². The first-order valence-electron chi connectivity index (χ1n) is 7.59. The van der Waals surface area contributed by atoms with Crippen molar-refractivity contribution in [2.24, 2.45) is 0 Å². The Balaban J connectivity index is 2.03. The van der Waals surface area contributed by atoms with E-state index in [1.165, 1.54) is 0 Å². The van der Waals surface area contributed by atoms with Gasteiger partial charge in [-0.05, 0) is 13.3 Å². The zero-order valence-corrected chi connectivity index (χ0v) is 13.3. The SMILES string of the molecule is CCCCNC(=O)COC(=O)c1c(-c2ccccc2)noc1C. The van der Waals surface area contributed by atoms with Gasteiger partial charge < -0.3 is 14.6 Å². The summed E-state index contributed by atoms with van der Waals surface area (Å²) in [5.74, 6) is -0.573. The topological polar surface area (TPSA) is 81.4 Å². The zero-order valence-electron chi connectivity index (χ0n) is 13.3. The van der Waals surface area contributed by atoms with Crippen LogP contribution >= 0.6 is 0 Å². The summed E-state index contributed by atoms with van der Waals surface area (Å²) in [6.45, 7) is 3.93. The molecule has 0 radical (unpaired) electrons. The third-order valence-corrected chi connectivity index (χ3v) is 3.30. The van der Waals surface area contributed by atoms with Crippen LogP contribution in [0.5, 0.6) is 0 Å². The molecule has 0 fully saturated rings. The number of hydrogen-bond donors (Lipinski definition) is 1. The third-order valence-electron chi connectivity index (χ3n) is 3.30. The molecule has 1 aromatic heterocycles. The van der Waals surface area contributed by atoms with Crippen LogP contribution in [0.1, 0.15) is 35.9 Å². The van der Waals surface area contributed by atoms with E-state index in [4.69, 9.17) is 9.26 Å². The first-order chi connectivity index (χ1) is 11.1. The van der Waals surface area contributed by atoms with Crippen LogP contribution < -0.4 is 5.32 Å². The third kappa shape index (κ3) is 4.42. The Labute approximate surface area is 134 Å². The normalized spacial score (nSPS) is 10.3. The number of aryl methyl sites for hydroxylation is 1. The van der Waals surface area contributed by atoms with Gasteiger partial charge in [-0.1, -0.05) is 48.8 Å². The molecule has 1 aromatic carbocycles. The molecule has 122 valence electrons. The summed E-state index contributed by atoms with van der Waals surface area (Å²) < 4.78 is 10.2. The standard InChI is InChI=1S/C17H20N2O4/c1-3-4-10-18-14(20)11-22-17(21)15-12(2)23-19-16(15)13-8-6-5-7-9-13/h5-9H,3-4,10-11H2,1-2H3,(H,18,20). The van der Waals surface area contributed by atoms with Gasteiger partial charge in [-0.15, -0.1) is 0 Å². The van der Waals surface area contributed by atoms with E-state index in [0.29, 0.717) is 18.0 Å². The van der Waals surface area contributed by atoms with E-state index in [1.54, 1.807) is 6.92 Å². The Morgan fingerprint density at radius 3 is 2.70 bits per heavy atom. The van der Waals surface area contributed by atoms with Crippen molar-refractivity contribution in [2.75, 3.05) is 13.2 Å². The number of rotatable bonds is 7. The van der Waals surface area contributed by atoms with Crippen LogP contribution in [0.4, 0.5) is 0 Å². The minimum absolute atomic E-state index is 0.248. The lowest BCUT2D eigenvalue weighted by Gasteiger charge is -2.06. The van der Waals surface area contributed by atoms with Gasteiger partial charge >= 0.3 is 5.97 Å². The Morgan fingerprint density at radius 2 is 2.00 bits per heavy atom. The maximum atomic E-state index is 12.3. The molecular weight excluding hydrogens is 296 g/mol. The predicted octanol–water partition coefficient (Wildman–Crippen LogP) is 2.72. The molecular formula is C17H20N2O4. The summed E-state index contributed by atoms with van der Waals surface area (Å²) >= 11 is 0. The highest BCUT2D eigenvalue weighted by molar-refractivity contribution is 5.98. The van der Waals surface area contributed by atoms with Gasteiger partial charge in [0.25, 0.3) is 5.91 Å². The van der Waals surface area contributed by atoms with Crippen LogP contribution in [-0.2, 0) is 9.53 Å². The van der Waals surface area contributed by atoms with Gasteiger partial charge in [-0.2, -0.15) is 0 Å². The number of aromatic nitrogens is 1. The number of amides is 1. The number of unbranched alkanes of at least 4 members (excludes halogenated alkanes) is 1. The summed E-state index contributed by atoms with van der Waals surface area (Å²) in [6.07, 6.45) is 1.88. The first-order valence-corrected chi connectivity index (χ1v) is 7.59. The number of benzene rings is 1. The Morgan fingerprint density at radius 1 is 1.26 bits per heavy atom. The van der Waals surface area contributed by atoms with E-state index in [-0.39, 0.29) is 18.1 Å². The molecule has 1 amide bonds.